The molecule has 0 rings (SSSR count). The Morgan fingerprint density at radius 3 is 1.86 bits per heavy atom. The zero-order valence-electron chi connectivity index (χ0n) is 10.0. The summed E-state index contributed by atoms with van der Waals surface area (Å²) < 4.78 is 0.943. The van der Waals surface area contributed by atoms with Crippen LogP contribution in [0.25, 0.3) is 0 Å². The van der Waals surface area contributed by atoms with Crippen LogP contribution in [0.5, 0.6) is 0 Å². The van der Waals surface area contributed by atoms with Gasteiger partial charge in [-0.3, -0.25) is 0 Å². The van der Waals surface area contributed by atoms with E-state index in [4.69, 9.17) is 0 Å². The smallest absolute Gasteiger partial charge is 0.0110 e. The molecule has 0 saturated carbocycles. The lowest BCUT2D eigenvalue weighted by Crippen LogP contribution is -1.96. The van der Waals surface area contributed by atoms with Crippen molar-refractivity contribution in [1.82, 2.24) is 0 Å². The van der Waals surface area contributed by atoms with Crippen LogP contribution < -0.4 is 0 Å². The normalized spacial score (nSPS) is 13.1. The number of hydrogen-bond acceptors (Lipinski definition) is 0. The van der Waals surface area contributed by atoms with Crippen LogP contribution in [0.15, 0.2) is 0 Å². The third kappa shape index (κ3) is 10.8. The van der Waals surface area contributed by atoms with Crippen molar-refractivity contribution in [2.45, 2.75) is 82.0 Å². The lowest BCUT2D eigenvalue weighted by molar-refractivity contribution is 0.569. The SMILES string of the molecule is CCCCCCCCC(I)CCCC. The average molecular weight is 310 g/mol. The molecule has 14 heavy (non-hydrogen) atoms. The Balaban J connectivity index is 3.02. The highest BCUT2D eigenvalue weighted by molar-refractivity contribution is 14.1. The van der Waals surface area contributed by atoms with Gasteiger partial charge in [-0.1, -0.05) is 87.8 Å². The average Bonchev–Trinajstić information content (AvgIpc) is 2.20. The van der Waals surface area contributed by atoms with Gasteiger partial charge in [0, 0.05) is 3.92 Å². The molecule has 0 amide bonds. The van der Waals surface area contributed by atoms with Crippen LogP contribution in [0, 0.1) is 0 Å². The lowest BCUT2D eigenvalue weighted by atomic mass is 10.1. The molecule has 0 aliphatic carbocycles. The maximum Gasteiger partial charge on any atom is 0.0110 e. The summed E-state index contributed by atoms with van der Waals surface area (Å²) in [6.45, 7) is 4.57. The summed E-state index contributed by atoms with van der Waals surface area (Å²) in [5.41, 5.74) is 0. The van der Waals surface area contributed by atoms with Crippen molar-refractivity contribution in [3.8, 4) is 0 Å². The van der Waals surface area contributed by atoms with Gasteiger partial charge in [-0.05, 0) is 12.8 Å². The van der Waals surface area contributed by atoms with E-state index in [0.29, 0.717) is 0 Å². The van der Waals surface area contributed by atoms with E-state index >= 15 is 0 Å². The molecule has 0 radical (unpaired) electrons. The first-order chi connectivity index (χ1) is 6.81. The molecular weight excluding hydrogens is 283 g/mol. The largest absolute Gasteiger partial charge is 0.0826 e. The van der Waals surface area contributed by atoms with Crippen LogP contribution in [-0.2, 0) is 0 Å². The van der Waals surface area contributed by atoms with Gasteiger partial charge in [-0.25, -0.2) is 0 Å². The van der Waals surface area contributed by atoms with Gasteiger partial charge < -0.3 is 0 Å². The van der Waals surface area contributed by atoms with Crippen molar-refractivity contribution >= 4 is 22.6 Å². The van der Waals surface area contributed by atoms with Crippen LogP contribution in [0.2, 0.25) is 0 Å². The van der Waals surface area contributed by atoms with E-state index in [1.165, 1.54) is 64.2 Å². The van der Waals surface area contributed by atoms with Gasteiger partial charge in [0.1, 0.15) is 0 Å². The van der Waals surface area contributed by atoms with E-state index in [2.05, 4.69) is 36.4 Å². The van der Waals surface area contributed by atoms with Gasteiger partial charge in [0.25, 0.3) is 0 Å². The fraction of sp³-hybridized carbons (Fsp3) is 1.00. The summed E-state index contributed by atoms with van der Waals surface area (Å²) in [7, 11) is 0. The van der Waals surface area contributed by atoms with Crippen molar-refractivity contribution in [3.05, 3.63) is 0 Å². The molecule has 0 saturated heterocycles. The van der Waals surface area contributed by atoms with E-state index in [-0.39, 0.29) is 0 Å². The Bertz CT molecular complexity index is 101. The van der Waals surface area contributed by atoms with Crippen molar-refractivity contribution in [1.29, 1.82) is 0 Å². The summed E-state index contributed by atoms with van der Waals surface area (Å²) in [5, 5.41) is 0. The second-order valence-corrected chi connectivity index (χ2v) is 6.06. The third-order valence-electron chi connectivity index (χ3n) is 2.74. The minimum absolute atomic E-state index is 0.943. The Labute approximate surface area is 104 Å². The molecule has 0 spiro atoms. The molecule has 0 N–H and O–H groups in total. The van der Waals surface area contributed by atoms with Gasteiger partial charge >= 0.3 is 0 Å². The molecule has 0 nitrogen and oxygen atoms in total. The maximum absolute atomic E-state index is 2.63. The van der Waals surface area contributed by atoms with E-state index in [1.54, 1.807) is 0 Å². The molecule has 0 bridgehead atoms. The summed E-state index contributed by atoms with van der Waals surface area (Å²) in [5.74, 6) is 0. The molecule has 0 aliphatic heterocycles. The topological polar surface area (TPSA) is 0 Å². The minimum atomic E-state index is 0.943. The second kappa shape index (κ2) is 11.8. The van der Waals surface area contributed by atoms with Gasteiger partial charge in [-0.2, -0.15) is 0 Å². The van der Waals surface area contributed by atoms with Crippen LogP contribution in [0.1, 0.15) is 78.1 Å². The summed E-state index contributed by atoms with van der Waals surface area (Å²) in [4.78, 5) is 0. The first kappa shape index (κ1) is 14.7. The van der Waals surface area contributed by atoms with E-state index in [1.807, 2.05) is 0 Å². The van der Waals surface area contributed by atoms with Gasteiger partial charge in [0.15, 0.2) is 0 Å². The second-order valence-electron chi connectivity index (χ2n) is 4.30. The van der Waals surface area contributed by atoms with Crippen LogP contribution in [0.3, 0.4) is 0 Å². The van der Waals surface area contributed by atoms with Crippen molar-refractivity contribution < 1.29 is 0 Å². The summed E-state index contributed by atoms with van der Waals surface area (Å²) in [6, 6.07) is 0. The van der Waals surface area contributed by atoms with Crippen molar-refractivity contribution in [2.24, 2.45) is 0 Å². The molecule has 0 aromatic heterocycles. The Morgan fingerprint density at radius 1 is 0.714 bits per heavy atom. The highest BCUT2D eigenvalue weighted by atomic mass is 127. The van der Waals surface area contributed by atoms with Gasteiger partial charge in [0.2, 0.25) is 0 Å². The Kier molecular flexibility index (Phi) is 12.4. The van der Waals surface area contributed by atoms with Crippen LogP contribution in [-0.4, -0.2) is 3.92 Å². The quantitative estimate of drug-likeness (QED) is 0.274. The van der Waals surface area contributed by atoms with Gasteiger partial charge in [0.05, 0.1) is 0 Å². The van der Waals surface area contributed by atoms with Crippen LogP contribution in [0.4, 0.5) is 0 Å². The molecule has 1 atom stereocenters. The highest BCUT2D eigenvalue weighted by Crippen LogP contribution is 2.18. The summed E-state index contributed by atoms with van der Waals surface area (Å²) in [6.07, 6.45) is 14.3. The molecule has 0 aromatic rings. The predicted octanol–water partition coefficient (Wildman–Crippen LogP) is 5.73. The highest BCUT2D eigenvalue weighted by Gasteiger charge is 2.02. The Morgan fingerprint density at radius 2 is 1.21 bits per heavy atom. The molecule has 0 fully saturated rings. The fourth-order valence-corrected chi connectivity index (χ4v) is 2.60. The lowest BCUT2D eigenvalue weighted by Gasteiger charge is -2.08. The maximum atomic E-state index is 2.63. The molecule has 86 valence electrons. The predicted molar refractivity (Wildman–Crippen MR) is 75.3 cm³/mol. The first-order valence-corrected chi connectivity index (χ1v) is 7.69. The summed E-state index contributed by atoms with van der Waals surface area (Å²) >= 11 is 2.63. The van der Waals surface area contributed by atoms with E-state index in [0.717, 1.165) is 3.92 Å². The zero-order valence-corrected chi connectivity index (χ0v) is 12.2. The molecule has 0 heterocycles. The zero-order chi connectivity index (χ0) is 10.6. The third-order valence-corrected chi connectivity index (χ3v) is 3.99. The number of halogens is 1. The molecule has 1 heteroatoms. The number of alkyl halides is 1. The van der Waals surface area contributed by atoms with Crippen LogP contribution >= 0.6 is 22.6 Å². The fourth-order valence-electron chi connectivity index (χ4n) is 1.72. The molecule has 1 unspecified atom stereocenters. The molecule has 0 aromatic carbocycles. The monoisotopic (exact) mass is 310 g/mol. The van der Waals surface area contributed by atoms with Crippen molar-refractivity contribution in [2.75, 3.05) is 0 Å². The number of hydrogen-bond donors (Lipinski definition) is 0. The van der Waals surface area contributed by atoms with Gasteiger partial charge in [-0.15, -0.1) is 0 Å². The Hall–Kier alpha value is 0.730. The number of unbranched alkanes of at least 4 members (excludes halogenated alkanes) is 6. The first-order valence-electron chi connectivity index (χ1n) is 6.45. The standard InChI is InChI=1S/C13H27I/c1-3-5-7-8-9-10-12-13(14)11-6-4-2/h13H,3-12H2,1-2H3. The van der Waals surface area contributed by atoms with E-state index in [9.17, 15) is 0 Å². The molecular formula is C13H27I. The number of rotatable bonds is 10. The van der Waals surface area contributed by atoms with Crippen molar-refractivity contribution in [3.63, 3.8) is 0 Å². The molecule has 0 aliphatic rings. The minimum Gasteiger partial charge on any atom is -0.0826 e. The van der Waals surface area contributed by atoms with E-state index < -0.39 is 0 Å².